The van der Waals surface area contributed by atoms with Gasteiger partial charge in [0.1, 0.15) is 72.5 Å². The Balaban J connectivity index is 1.60. The molecular weight excluding hydrogens is 1700 g/mol. The number of aliphatic hydroxyl groups excluding tert-OH is 1. The van der Waals surface area contributed by atoms with Crippen LogP contribution in [0.4, 0.5) is 0 Å². The molecule has 25 N–H and O–H groups in total. The maximum Gasteiger partial charge on any atom is 0.305 e. The van der Waals surface area contributed by atoms with Crippen molar-refractivity contribution in [2.45, 2.75) is 235 Å². The number of thioether (sulfide) groups is 1. The predicted octanol–water partition coefficient (Wildman–Crippen LogP) is -4.45. The zero-order valence-corrected chi connectivity index (χ0v) is 74.1. The quantitative estimate of drug-likeness (QED) is 0.0353. The summed E-state index contributed by atoms with van der Waals surface area (Å²) < 4.78 is 0. The minimum atomic E-state index is -2.19. The molecule has 17 atom stereocenters. The van der Waals surface area contributed by atoms with Crippen LogP contribution >= 0.6 is 11.8 Å². The van der Waals surface area contributed by atoms with E-state index in [-0.39, 0.29) is 44.1 Å². The molecule has 704 valence electrons. The van der Waals surface area contributed by atoms with Crippen LogP contribution in [-0.4, -0.2) is 278 Å². The van der Waals surface area contributed by atoms with E-state index in [2.05, 4.69) is 74.4 Å². The number of nitrogens with zero attached hydrogens (tertiary/aromatic N) is 2. The number of nitrogens with two attached hydrogens (primary N) is 3. The van der Waals surface area contributed by atoms with Crippen molar-refractivity contribution in [1.29, 1.82) is 0 Å². The Kier molecular flexibility index (Phi) is 40.3. The van der Waals surface area contributed by atoms with Gasteiger partial charge in [0.25, 0.3) is 0 Å². The van der Waals surface area contributed by atoms with Gasteiger partial charge >= 0.3 is 23.9 Å². The molecule has 0 spiro atoms. The standard InChI is InChI=1S/C85H119N19O24S/c1-42(45(4)105)27-56-77(121)99-61(35-69(113)114)81(125)102-70(85(6,7)8)84(128)100-62(71(88)115)38-103(9)36-48-28-49-30-50(29-48)40-129-41-64(83(127)93-55(24-26-67(109)110)75(119)98-60(34-68(111)112)80(124)96-57(78(122)95-56)31-47-17-12-11-13-18-47)90-46(5)91-76(120)58(32-52-21-16-20-51-19-14-15-22-53(51)52)97-74(118)54(23-25-66(107)108)92-79(123)59(33-65(87)106)94-73(117)44(3)89-82(126)63(39-104(10)37-49)101-72(116)43(2)86/h11-22,28-30,42-46,54-64,70,90,105H,23-27,31-41,86H2,1-10H3,(H2,87,106)(H2,88,115)(H,89,126)(H,91,120)(H,92,123)(H,93,127)(H,94,117)(H,95,122)(H,96,124)(H,97,118)(H,98,119)(H,99,121)(H,100,128)(H,101,116)(H,102,125)(H,107,108)(H,109,110)(H,111,112)(H,113,114)/t42?,43-,44+,45-,46+,54-,55-,56-,57-,58-,59-,60-,61-,62-,63-,64+,70+/m0/s1. The van der Waals surface area contributed by atoms with Gasteiger partial charge in [-0.25, -0.2) is 0 Å². The highest BCUT2D eigenvalue weighted by Crippen LogP contribution is 2.25. The van der Waals surface area contributed by atoms with Crippen LogP contribution < -0.4 is 91.6 Å². The van der Waals surface area contributed by atoms with Gasteiger partial charge in [-0.05, 0) is 111 Å². The Morgan fingerprint density at radius 1 is 0.496 bits per heavy atom. The van der Waals surface area contributed by atoms with Gasteiger partial charge in [-0.15, -0.1) is 0 Å². The third-order valence-corrected chi connectivity index (χ3v) is 22.2. The summed E-state index contributed by atoms with van der Waals surface area (Å²) in [5, 5.41) is 88.0. The number of carbonyl (C=O) groups excluding carboxylic acids is 15. The second-order valence-corrected chi connectivity index (χ2v) is 34.6. The summed E-state index contributed by atoms with van der Waals surface area (Å²) in [6.45, 7) is 10.4. The fourth-order valence-corrected chi connectivity index (χ4v) is 15.1. The van der Waals surface area contributed by atoms with Crippen LogP contribution in [0.1, 0.15) is 135 Å². The number of amides is 15. The summed E-state index contributed by atoms with van der Waals surface area (Å²) in [6.07, 6.45) is -10.3. The molecule has 6 rings (SSSR count). The first kappa shape index (κ1) is 105. The summed E-state index contributed by atoms with van der Waals surface area (Å²) in [7, 11) is 3.10. The fraction of sp³-hybridized carbons (Fsp3) is 0.518. The molecule has 0 saturated heterocycles. The number of hydrogen-bond donors (Lipinski definition) is 22. The molecule has 1 unspecified atom stereocenters. The van der Waals surface area contributed by atoms with Crippen molar-refractivity contribution >= 4 is 135 Å². The molecule has 129 heavy (non-hydrogen) atoms. The summed E-state index contributed by atoms with van der Waals surface area (Å²) >= 11 is 1.05. The molecule has 2 aliphatic heterocycles. The third-order valence-electron chi connectivity index (χ3n) is 21.1. The topological polar surface area (TPSA) is 678 Å². The van der Waals surface area contributed by atoms with Gasteiger partial charge in [-0.3, -0.25) is 106 Å². The van der Waals surface area contributed by atoms with Gasteiger partial charge in [-0.1, -0.05) is 119 Å². The fourth-order valence-electron chi connectivity index (χ4n) is 14.1. The highest BCUT2D eigenvalue weighted by Gasteiger charge is 2.42. The number of aliphatic hydroxyl groups is 1. The molecule has 2 heterocycles. The Labute approximate surface area is 748 Å². The van der Waals surface area contributed by atoms with Crippen molar-refractivity contribution in [1.82, 2.24) is 84.2 Å². The lowest BCUT2D eigenvalue weighted by Gasteiger charge is -2.33. The first-order valence-corrected chi connectivity index (χ1v) is 42.9. The predicted molar refractivity (Wildman–Crippen MR) is 466 cm³/mol. The molecule has 0 aliphatic carbocycles. The van der Waals surface area contributed by atoms with Gasteiger partial charge in [0.2, 0.25) is 88.6 Å². The molecule has 0 fully saturated rings. The van der Waals surface area contributed by atoms with E-state index in [1.807, 2.05) is 0 Å². The largest absolute Gasteiger partial charge is 0.481 e. The molecule has 2 aliphatic rings. The molecule has 0 aromatic heterocycles. The molecular formula is C85H119N19O24S. The molecule has 44 heteroatoms. The van der Waals surface area contributed by atoms with E-state index >= 15 is 9.59 Å². The van der Waals surface area contributed by atoms with Crippen molar-refractivity contribution in [3.8, 4) is 0 Å². The van der Waals surface area contributed by atoms with E-state index in [0.717, 1.165) is 11.8 Å². The lowest BCUT2D eigenvalue weighted by molar-refractivity contribution is -0.143. The van der Waals surface area contributed by atoms with Crippen molar-refractivity contribution in [2.75, 3.05) is 32.9 Å². The van der Waals surface area contributed by atoms with Crippen LogP contribution in [0, 0.1) is 11.3 Å². The van der Waals surface area contributed by atoms with Crippen LogP contribution in [0.25, 0.3) is 10.8 Å². The van der Waals surface area contributed by atoms with E-state index in [1.165, 1.54) is 67.5 Å². The zero-order valence-electron chi connectivity index (χ0n) is 73.3. The molecule has 43 nitrogen and oxygen atoms in total. The number of nitrogens with one attached hydrogen (secondary N) is 14. The van der Waals surface area contributed by atoms with Crippen molar-refractivity contribution in [2.24, 2.45) is 28.5 Å². The van der Waals surface area contributed by atoms with Gasteiger partial charge in [0, 0.05) is 63.4 Å². The minimum absolute atomic E-state index is 0.0500. The monoisotopic (exact) mass is 1820 g/mol. The molecule has 0 saturated carbocycles. The average Bonchev–Trinajstić information content (AvgIpc) is 1.01. The SMILES string of the molecule is CC(C[C@@H]1NC(=O)[C@H](Cc2ccccc2)NC(=O)[C@H](CC(=O)O)NC(=O)[C@H](CCC(=O)O)NC(=O)[C@H]2CSCc3cc(cc(c3)CN(C)C[C@H](NC(=O)[C@H](C)N)C(=O)N[C@H](C)C(=O)N[C@@H](CC(N)=O)C(=O)N[C@@H](CCC(=O)O)C(=O)N[C@@H](Cc3cccc4ccccc34)C(=O)N[C@H](C)N2)CN(C)C[C@@H](C(N)=O)NC(=O)[C@H](C(C)(C)C)NC(=O)[C@H](CC(=O)O)NC1=O)[C@H](C)O. The Hall–Kier alpha value is -12.8. The highest BCUT2D eigenvalue weighted by molar-refractivity contribution is 7.98. The summed E-state index contributed by atoms with van der Waals surface area (Å²) in [4.78, 5) is 271. The average molecular weight is 1820 g/mol. The van der Waals surface area contributed by atoms with E-state index in [0.29, 0.717) is 38.6 Å². The molecule has 4 aromatic rings. The maximum atomic E-state index is 15.5. The van der Waals surface area contributed by atoms with Crippen LogP contribution in [-0.2, 0) is 123 Å². The Morgan fingerprint density at radius 2 is 0.953 bits per heavy atom. The number of carbonyl (C=O) groups is 19. The number of aliphatic carboxylic acids is 4. The molecule has 4 aromatic carbocycles. The number of carboxylic acids is 4. The number of rotatable bonds is 22. The summed E-state index contributed by atoms with van der Waals surface area (Å²) in [5.41, 5.74) is 18.5. The van der Waals surface area contributed by atoms with Crippen molar-refractivity contribution < 1.29 is 117 Å². The van der Waals surface area contributed by atoms with E-state index in [9.17, 15) is 107 Å². The van der Waals surface area contributed by atoms with E-state index < -0.39 is 278 Å². The van der Waals surface area contributed by atoms with Gasteiger partial charge < -0.3 is 112 Å². The van der Waals surface area contributed by atoms with Gasteiger partial charge in [0.05, 0.1) is 43.6 Å². The molecule has 15 amide bonds. The Bertz CT molecular complexity index is 4740. The first-order chi connectivity index (χ1) is 60.5. The smallest absolute Gasteiger partial charge is 0.305 e. The normalized spacial score (nSPS) is 25.1. The zero-order chi connectivity index (χ0) is 96.0. The number of benzene rings is 4. The molecule has 0 radical (unpaired) electrons. The minimum Gasteiger partial charge on any atom is -0.481 e. The lowest BCUT2D eigenvalue weighted by Crippen LogP contribution is -2.63. The summed E-state index contributed by atoms with van der Waals surface area (Å²) in [5.74, 6) is -24.8. The van der Waals surface area contributed by atoms with Gasteiger partial charge in [-0.2, -0.15) is 11.8 Å². The van der Waals surface area contributed by atoms with Crippen LogP contribution in [0.3, 0.4) is 0 Å². The maximum absolute atomic E-state index is 15.5. The van der Waals surface area contributed by atoms with Crippen LogP contribution in [0.2, 0.25) is 0 Å². The van der Waals surface area contributed by atoms with Crippen LogP contribution in [0.5, 0.6) is 0 Å². The highest BCUT2D eigenvalue weighted by atomic mass is 32.2. The van der Waals surface area contributed by atoms with Gasteiger partial charge in [0.15, 0.2) is 0 Å². The number of carboxylic acid groups (broad SMARTS) is 4. The number of primary amides is 2. The number of hydrogen-bond acceptors (Lipinski definition) is 25. The lowest BCUT2D eigenvalue weighted by atomic mass is 9.85. The van der Waals surface area contributed by atoms with Crippen molar-refractivity contribution in [3.05, 3.63) is 119 Å². The van der Waals surface area contributed by atoms with E-state index in [4.69, 9.17) is 17.2 Å². The van der Waals surface area contributed by atoms with Crippen LogP contribution in [0.15, 0.2) is 91.0 Å². The number of likely N-dealkylation sites (N-methyl/N-ethyl adjacent to an activating group) is 2. The summed E-state index contributed by atoms with van der Waals surface area (Å²) in [6, 6.07) is 0.426. The third kappa shape index (κ3) is 34.7. The second kappa shape index (κ2) is 49.5. The van der Waals surface area contributed by atoms with E-state index in [1.54, 1.807) is 103 Å². The molecule has 4 bridgehead atoms. The Morgan fingerprint density at radius 3 is 1.49 bits per heavy atom. The first-order valence-electron chi connectivity index (χ1n) is 41.7. The second-order valence-electron chi connectivity index (χ2n) is 33.6. The van der Waals surface area contributed by atoms with Crippen molar-refractivity contribution in [3.63, 3.8) is 0 Å². The number of fused-ring (bicyclic) bond motifs is 6.